The number of hydrogen-bond acceptors (Lipinski definition) is 1. The van der Waals surface area contributed by atoms with Crippen LogP contribution in [0.25, 0.3) is 0 Å². The van der Waals surface area contributed by atoms with Crippen LogP contribution < -0.4 is 9.64 Å². The van der Waals surface area contributed by atoms with Crippen molar-refractivity contribution in [3.8, 4) is 5.75 Å². The zero-order valence-electron chi connectivity index (χ0n) is 11.6. The smallest absolute Gasteiger partial charge is 0.123 e. The lowest BCUT2D eigenvalue weighted by molar-refractivity contribution is -0.919. The minimum atomic E-state index is 0.395. The second-order valence-electron chi connectivity index (χ2n) is 7.13. The van der Waals surface area contributed by atoms with Crippen molar-refractivity contribution < 1.29 is 9.64 Å². The average molecular weight is 256 g/mol. The number of quaternary nitrogens is 1. The Kier molecular flexibility index (Phi) is 1.89. The van der Waals surface area contributed by atoms with Crippen LogP contribution in [0, 0.1) is 5.92 Å². The van der Waals surface area contributed by atoms with Crippen molar-refractivity contribution in [3.05, 3.63) is 29.3 Å². The van der Waals surface area contributed by atoms with Crippen molar-refractivity contribution in [2.45, 2.75) is 49.7 Å². The zero-order chi connectivity index (χ0) is 12.6. The van der Waals surface area contributed by atoms with Gasteiger partial charge in [0.1, 0.15) is 11.9 Å². The first-order valence-electron chi connectivity index (χ1n) is 7.92. The van der Waals surface area contributed by atoms with Gasteiger partial charge in [-0.15, -0.1) is 0 Å². The van der Waals surface area contributed by atoms with E-state index < -0.39 is 0 Å². The molecular weight excluding hydrogens is 234 g/mol. The van der Waals surface area contributed by atoms with Crippen LogP contribution in [0.3, 0.4) is 0 Å². The highest BCUT2D eigenvalue weighted by Gasteiger charge is 2.64. The normalized spacial score (nSPS) is 45.5. The summed E-state index contributed by atoms with van der Waals surface area (Å²) in [6.07, 6.45) is 7.17. The molecule has 2 fully saturated rings. The van der Waals surface area contributed by atoms with Crippen molar-refractivity contribution in [2.75, 3.05) is 13.6 Å². The molecule has 2 aliphatic carbocycles. The standard InChI is InChI=1S/C17H21NO/c1-18-9-8-17-12-5-3-7-15(17)19-14-6-2-4-11(16(14)17)10-13(12)18/h2,4,6,12-13,15H,3,5,7-10H2,1H3/p+1. The summed E-state index contributed by atoms with van der Waals surface area (Å²) < 4.78 is 6.40. The molecule has 2 nitrogen and oxygen atoms in total. The molecule has 1 aromatic rings. The molecule has 0 radical (unpaired) electrons. The number of ether oxygens (including phenoxy) is 1. The van der Waals surface area contributed by atoms with Gasteiger partial charge < -0.3 is 9.64 Å². The van der Waals surface area contributed by atoms with E-state index in [0.29, 0.717) is 11.5 Å². The van der Waals surface area contributed by atoms with Gasteiger partial charge in [-0.3, -0.25) is 0 Å². The fourth-order valence-electron chi connectivity index (χ4n) is 5.83. The molecular formula is C17H22NO+. The first-order chi connectivity index (χ1) is 9.30. The van der Waals surface area contributed by atoms with Gasteiger partial charge in [0.25, 0.3) is 0 Å². The Morgan fingerprint density at radius 1 is 1.32 bits per heavy atom. The van der Waals surface area contributed by atoms with Gasteiger partial charge in [-0.25, -0.2) is 0 Å². The average Bonchev–Trinajstić information content (AvgIpc) is 2.76. The second kappa shape index (κ2) is 3.35. The Morgan fingerprint density at radius 2 is 2.26 bits per heavy atom. The molecule has 2 heteroatoms. The molecule has 0 amide bonds. The first-order valence-corrected chi connectivity index (χ1v) is 7.92. The molecule has 4 aliphatic rings. The molecule has 2 heterocycles. The predicted molar refractivity (Wildman–Crippen MR) is 73.7 cm³/mol. The van der Waals surface area contributed by atoms with Crippen LogP contribution in [-0.2, 0) is 11.8 Å². The van der Waals surface area contributed by atoms with Crippen molar-refractivity contribution in [2.24, 2.45) is 5.92 Å². The van der Waals surface area contributed by atoms with E-state index in [-0.39, 0.29) is 0 Å². The van der Waals surface area contributed by atoms with E-state index in [0.717, 1.165) is 12.0 Å². The summed E-state index contributed by atoms with van der Waals surface area (Å²) in [5, 5.41) is 0. The van der Waals surface area contributed by atoms with Crippen LogP contribution in [0.15, 0.2) is 18.2 Å². The number of hydrogen-bond donors (Lipinski definition) is 1. The Bertz CT molecular complexity index is 554. The Hall–Kier alpha value is -1.02. The predicted octanol–water partition coefficient (Wildman–Crippen LogP) is 1.33. The number of benzene rings is 1. The molecule has 5 rings (SSSR count). The highest BCUT2D eigenvalue weighted by Crippen LogP contribution is 2.59. The number of nitrogens with one attached hydrogen (secondary N) is 1. The fraction of sp³-hybridized carbons (Fsp3) is 0.647. The first kappa shape index (κ1) is 10.7. The van der Waals surface area contributed by atoms with Crippen LogP contribution >= 0.6 is 0 Å². The van der Waals surface area contributed by atoms with Gasteiger partial charge in [0, 0.05) is 29.7 Å². The van der Waals surface area contributed by atoms with E-state index in [1.54, 1.807) is 16.0 Å². The minimum Gasteiger partial charge on any atom is -0.489 e. The number of rotatable bonds is 0. The maximum atomic E-state index is 6.40. The Labute approximate surface area is 114 Å². The highest BCUT2D eigenvalue weighted by atomic mass is 16.5. The molecule has 19 heavy (non-hydrogen) atoms. The lowest BCUT2D eigenvalue weighted by Crippen LogP contribution is -3.16. The summed E-state index contributed by atoms with van der Waals surface area (Å²) in [5.41, 5.74) is 3.63. The van der Waals surface area contributed by atoms with E-state index in [1.807, 2.05) is 0 Å². The van der Waals surface area contributed by atoms with Crippen molar-refractivity contribution >= 4 is 0 Å². The van der Waals surface area contributed by atoms with Crippen molar-refractivity contribution in [1.82, 2.24) is 0 Å². The number of piperidine rings is 1. The van der Waals surface area contributed by atoms with E-state index >= 15 is 0 Å². The topological polar surface area (TPSA) is 13.7 Å². The molecule has 2 aliphatic heterocycles. The maximum absolute atomic E-state index is 6.40. The monoisotopic (exact) mass is 256 g/mol. The van der Waals surface area contributed by atoms with Crippen molar-refractivity contribution in [3.63, 3.8) is 0 Å². The molecule has 5 unspecified atom stereocenters. The van der Waals surface area contributed by atoms with Gasteiger partial charge in [-0.2, -0.15) is 0 Å². The summed E-state index contributed by atoms with van der Waals surface area (Å²) in [4.78, 5) is 1.76. The third kappa shape index (κ3) is 1.10. The molecule has 5 atom stereocenters. The summed E-state index contributed by atoms with van der Waals surface area (Å²) in [7, 11) is 2.41. The third-order valence-corrected chi connectivity index (χ3v) is 6.56. The SMILES string of the molecule is C[NH+]1CCC23c4c5cccc4OC2CCCC3C1C5. The Balaban J connectivity index is 1.81. The quantitative estimate of drug-likeness (QED) is 0.739. The molecule has 100 valence electrons. The number of likely N-dealkylation sites (N-methyl/N-ethyl adjacent to an activating group) is 1. The molecule has 0 aromatic heterocycles. The second-order valence-corrected chi connectivity index (χ2v) is 7.13. The summed E-state index contributed by atoms with van der Waals surface area (Å²) in [6.45, 7) is 1.33. The van der Waals surface area contributed by atoms with Crippen LogP contribution in [-0.4, -0.2) is 25.7 Å². The molecule has 1 saturated heterocycles. The molecule has 1 saturated carbocycles. The highest BCUT2D eigenvalue weighted by molar-refractivity contribution is 5.54. The van der Waals surface area contributed by atoms with Gasteiger partial charge in [-0.05, 0) is 30.9 Å². The Morgan fingerprint density at radius 3 is 3.21 bits per heavy atom. The van der Waals surface area contributed by atoms with Crippen LogP contribution in [0.5, 0.6) is 5.75 Å². The van der Waals surface area contributed by atoms with Gasteiger partial charge >= 0.3 is 0 Å². The lowest BCUT2D eigenvalue weighted by Gasteiger charge is -2.55. The van der Waals surface area contributed by atoms with E-state index in [4.69, 9.17) is 4.74 Å². The van der Waals surface area contributed by atoms with E-state index in [2.05, 4.69) is 25.2 Å². The van der Waals surface area contributed by atoms with Gasteiger partial charge in [0.05, 0.1) is 19.6 Å². The molecule has 2 bridgehead atoms. The van der Waals surface area contributed by atoms with Crippen molar-refractivity contribution in [1.29, 1.82) is 0 Å². The largest absolute Gasteiger partial charge is 0.489 e. The number of likely N-dealkylation sites (tertiary alicyclic amines) is 1. The fourth-order valence-corrected chi connectivity index (χ4v) is 5.83. The zero-order valence-corrected chi connectivity index (χ0v) is 11.6. The minimum absolute atomic E-state index is 0.395. The summed E-state index contributed by atoms with van der Waals surface area (Å²) in [6, 6.07) is 7.62. The lowest BCUT2D eigenvalue weighted by atomic mass is 9.52. The van der Waals surface area contributed by atoms with E-state index in [1.165, 1.54) is 44.4 Å². The summed E-state index contributed by atoms with van der Waals surface area (Å²) >= 11 is 0. The molecule has 1 aromatic carbocycles. The van der Waals surface area contributed by atoms with Crippen LogP contribution in [0.4, 0.5) is 0 Å². The van der Waals surface area contributed by atoms with E-state index in [9.17, 15) is 0 Å². The van der Waals surface area contributed by atoms with Crippen LogP contribution in [0.1, 0.15) is 36.8 Å². The molecule has 1 N–H and O–H groups in total. The van der Waals surface area contributed by atoms with Gasteiger partial charge in [-0.1, -0.05) is 12.1 Å². The van der Waals surface area contributed by atoms with Gasteiger partial charge in [0.2, 0.25) is 0 Å². The summed E-state index contributed by atoms with van der Waals surface area (Å²) in [5.74, 6) is 2.10. The molecule has 1 spiro atoms. The maximum Gasteiger partial charge on any atom is 0.123 e. The third-order valence-electron chi connectivity index (χ3n) is 6.56. The van der Waals surface area contributed by atoms with Gasteiger partial charge in [0.15, 0.2) is 0 Å². The van der Waals surface area contributed by atoms with Crippen LogP contribution in [0.2, 0.25) is 0 Å².